The minimum absolute atomic E-state index is 0.000735. The maximum atomic E-state index is 13.1. The molecule has 1 saturated heterocycles. The van der Waals surface area contributed by atoms with Crippen LogP contribution in [-0.2, 0) is 26.2 Å². The van der Waals surface area contributed by atoms with Crippen LogP contribution in [0.3, 0.4) is 0 Å². The van der Waals surface area contributed by atoms with Crippen LogP contribution in [0.2, 0.25) is 0 Å². The van der Waals surface area contributed by atoms with E-state index in [1.807, 2.05) is 12.1 Å². The number of hydrogen-bond donors (Lipinski definition) is 1. The summed E-state index contributed by atoms with van der Waals surface area (Å²) in [5.41, 5.74) is 6.60. The molecular formula is C21H21FN4O4S. The summed E-state index contributed by atoms with van der Waals surface area (Å²) in [6, 6.07) is 11.9. The number of sulfonamides is 1. The number of hydrogen-bond acceptors (Lipinski definition) is 7. The Morgan fingerprint density at radius 3 is 2.68 bits per heavy atom. The van der Waals surface area contributed by atoms with Crippen molar-refractivity contribution in [3.63, 3.8) is 0 Å². The molecule has 0 spiro atoms. The van der Waals surface area contributed by atoms with Crippen molar-refractivity contribution in [1.82, 2.24) is 14.3 Å². The molecule has 1 fully saturated rings. The number of benzene rings is 2. The van der Waals surface area contributed by atoms with Gasteiger partial charge in [0, 0.05) is 18.5 Å². The van der Waals surface area contributed by atoms with E-state index in [9.17, 15) is 17.6 Å². The predicted octanol–water partition coefficient (Wildman–Crippen LogP) is 2.50. The van der Waals surface area contributed by atoms with Crippen molar-refractivity contribution in [1.29, 1.82) is 0 Å². The molecule has 2 heterocycles. The van der Waals surface area contributed by atoms with Crippen molar-refractivity contribution in [2.24, 2.45) is 5.92 Å². The van der Waals surface area contributed by atoms with E-state index in [-0.39, 0.29) is 30.4 Å². The van der Waals surface area contributed by atoms with E-state index in [0.717, 1.165) is 12.1 Å². The van der Waals surface area contributed by atoms with Crippen LogP contribution in [0, 0.1) is 11.7 Å². The SMILES string of the molecule is Nc1nc(COC(=O)C2CCCN(S(=O)(=O)c3ccc(F)cc3)C2)nc2ccccc12. The predicted molar refractivity (Wildman–Crippen MR) is 112 cm³/mol. The lowest BCUT2D eigenvalue weighted by molar-refractivity contribution is -0.151. The summed E-state index contributed by atoms with van der Waals surface area (Å²) in [6.45, 7) is 0.127. The van der Waals surface area contributed by atoms with Crippen LogP contribution in [-0.4, -0.2) is 41.7 Å². The topological polar surface area (TPSA) is 115 Å². The highest BCUT2D eigenvalue weighted by molar-refractivity contribution is 7.89. The highest BCUT2D eigenvalue weighted by Gasteiger charge is 2.34. The fraction of sp³-hybridized carbons (Fsp3) is 0.286. The minimum atomic E-state index is -3.82. The number of nitrogen functional groups attached to an aromatic ring is 1. The molecule has 8 nitrogen and oxygen atoms in total. The first kappa shape index (κ1) is 21.1. The molecule has 2 N–H and O–H groups in total. The number of rotatable bonds is 5. The Bertz CT molecular complexity index is 1220. The highest BCUT2D eigenvalue weighted by atomic mass is 32.2. The molecule has 1 unspecified atom stereocenters. The third kappa shape index (κ3) is 4.49. The summed E-state index contributed by atoms with van der Waals surface area (Å²) in [6.07, 6.45) is 1.02. The number of carbonyl (C=O) groups is 1. The first-order valence-corrected chi connectivity index (χ1v) is 11.2. The summed E-state index contributed by atoms with van der Waals surface area (Å²) in [7, 11) is -3.82. The summed E-state index contributed by atoms with van der Waals surface area (Å²) in [5, 5.41) is 0.714. The van der Waals surface area contributed by atoms with Gasteiger partial charge in [-0.05, 0) is 49.2 Å². The molecule has 1 aliphatic heterocycles. The summed E-state index contributed by atoms with van der Waals surface area (Å²) in [4.78, 5) is 21.1. The number of halogens is 1. The van der Waals surface area contributed by atoms with E-state index in [2.05, 4.69) is 9.97 Å². The van der Waals surface area contributed by atoms with E-state index >= 15 is 0 Å². The third-order valence-corrected chi connectivity index (χ3v) is 7.07. The molecule has 3 aromatic rings. The number of aromatic nitrogens is 2. The van der Waals surface area contributed by atoms with Crippen LogP contribution in [0.5, 0.6) is 0 Å². The Morgan fingerprint density at radius 1 is 1.16 bits per heavy atom. The van der Waals surface area contributed by atoms with Gasteiger partial charge in [0.05, 0.1) is 16.3 Å². The second-order valence-corrected chi connectivity index (χ2v) is 9.24. The molecule has 1 aromatic heterocycles. The van der Waals surface area contributed by atoms with Crippen molar-refractivity contribution in [2.75, 3.05) is 18.8 Å². The molecule has 0 bridgehead atoms. The van der Waals surface area contributed by atoms with Gasteiger partial charge in [0.15, 0.2) is 12.4 Å². The average molecular weight is 444 g/mol. The number of carbonyl (C=O) groups excluding carboxylic acids is 1. The Labute approximate surface area is 178 Å². The van der Waals surface area contributed by atoms with Gasteiger partial charge in [0.25, 0.3) is 0 Å². The molecule has 0 aliphatic carbocycles. The molecule has 162 valence electrons. The van der Waals surface area contributed by atoms with Gasteiger partial charge < -0.3 is 10.5 Å². The van der Waals surface area contributed by atoms with Crippen molar-refractivity contribution in [3.05, 3.63) is 60.2 Å². The van der Waals surface area contributed by atoms with Crippen molar-refractivity contribution < 1.29 is 22.3 Å². The highest BCUT2D eigenvalue weighted by Crippen LogP contribution is 2.25. The molecule has 0 saturated carbocycles. The number of para-hydroxylation sites is 1. The summed E-state index contributed by atoms with van der Waals surface area (Å²) in [5.74, 6) is -1.08. The lowest BCUT2D eigenvalue weighted by atomic mass is 10.00. The molecule has 2 aromatic carbocycles. The van der Waals surface area contributed by atoms with E-state index in [4.69, 9.17) is 10.5 Å². The fourth-order valence-corrected chi connectivity index (χ4v) is 5.10. The van der Waals surface area contributed by atoms with Gasteiger partial charge in [0.1, 0.15) is 11.6 Å². The molecular weight excluding hydrogens is 423 g/mol. The Balaban J connectivity index is 1.43. The van der Waals surface area contributed by atoms with Gasteiger partial charge in [-0.25, -0.2) is 22.8 Å². The number of nitrogens with zero attached hydrogens (tertiary/aromatic N) is 3. The Morgan fingerprint density at radius 2 is 1.90 bits per heavy atom. The molecule has 31 heavy (non-hydrogen) atoms. The molecule has 1 aliphatic rings. The number of ether oxygens (including phenoxy) is 1. The molecule has 4 rings (SSSR count). The molecule has 10 heteroatoms. The van der Waals surface area contributed by atoms with Crippen LogP contribution < -0.4 is 5.73 Å². The number of fused-ring (bicyclic) bond motifs is 1. The van der Waals surface area contributed by atoms with Gasteiger partial charge in [-0.1, -0.05) is 12.1 Å². The zero-order valence-corrected chi connectivity index (χ0v) is 17.4. The van der Waals surface area contributed by atoms with E-state index in [1.165, 1.54) is 16.4 Å². The van der Waals surface area contributed by atoms with Gasteiger partial charge >= 0.3 is 5.97 Å². The largest absolute Gasteiger partial charge is 0.457 e. The maximum absolute atomic E-state index is 13.1. The summed E-state index contributed by atoms with van der Waals surface area (Å²) >= 11 is 0. The number of piperidine rings is 1. The maximum Gasteiger partial charge on any atom is 0.310 e. The first-order valence-electron chi connectivity index (χ1n) is 9.78. The van der Waals surface area contributed by atoms with Gasteiger partial charge in [-0.3, -0.25) is 4.79 Å². The van der Waals surface area contributed by atoms with Crippen molar-refractivity contribution >= 4 is 32.7 Å². The fourth-order valence-electron chi connectivity index (χ4n) is 3.58. The molecule has 0 amide bonds. The van der Waals surface area contributed by atoms with Crippen LogP contribution in [0.15, 0.2) is 53.4 Å². The third-order valence-electron chi connectivity index (χ3n) is 5.19. The quantitative estimate of drug-likeness (QED) is 0.601. The van der Waals surface area contributed by atoms with Crippen LogP contribution >= 0.6 is 0 Å². The van der Waals surface area contributed by atoms with E-state index in [1.54, 1.807) is 12.1 Å². The van der Waals surface area contributed by atoms with E-state index < -0.39 is 27.7 Å². The molecule has 0 radical (unpaired) electrons. The number of nitrogens with two attached hydrogens (primary N) is 1. The van der Waals surface area contributed by atoms with Crippen molar-refractivity contribution in [3.8, 4) is 0 Å². The van der Waals surface area contributed by atoms with Gasteiger partial charge in [-0.2, -0.15) is 4.31 Å². The smallest absolute Gasteiger partial charge is 0.310 e. The number of esters is 1. The summed E-state index contributed by atoms with van der Waals surface area (Å²) < 4.78 is 45.4. The zero-order valence-electron chi connectivity index (χ0n) is 16.6. The van der Waals surface area contributed by atoms with E-state index in [0.29, 0.717) is 29.6 Å². The minimum Gasteiger partial charge on any atom is -0.457 e. The van der Waals surface area contributed by atoms with Crippen LogP contribution in [0.1, 0.15) is 18.7 Å². The second-order valence-electron chi connectivity index (χ2n) is 7.31. The average Bonchev–Trinajstić information content (AvgIpc) is 2.78. The normalized spacial score (nSPS) is 17.5. The van der Waals surface area contributed by atoms with Crippen LogP contribution in [0.4, 0.5) is 10.2 Å². The number of anilines is 1. The molecule has 1 atom stereocenters. The van der Waals surface area contributed by atoms with Crippen molar-refractivity contribution in [2.45, 2.75) is 24.3 Å². The second kappa shape index (κ2) is 8.56. The Hall–Kier alpha value is -3.11. The standard InChI is InChI=1S/C21H21FN4O4S/c22-15-7-9-16(10-8-15)31(28,29)26-11-3-4-14(12-26)21(27)30-13-19-24-18-6-2-1-5-17(18)20(23)25-19/h1-2,5-10,14H,3-4,11-13H2,(H2,23,24,25). The van der Waals surface area contributed by atoms with Crippen LogP contribution in [0.25, 0.3) is 10.9 Å². The van der Waals surface area contributed by atoms with Gasteiger partial charge in [0.2, 0.25) is 10.0 Å². The monoisotopic (exact) mass is 444 g/mol. The lowest BCUT2D eigenvalue weighted by Gasteiger charge is -2.30. The zero-order chi connectivity index (χ0) is 22.0. The lowest BCUT2D eigenvalue weighted by Crippen LogP contribution is -2.42. The Kier molecular flexibility index (Phi) is 5.84. The first-order chi connectivity index (χ1) is 14.8. The van der Waals surface area contributed by atoms with Gasteiger partial charge in [-0.15, -0.1) is 0 Å².